The van der Waals surface area contributed by atoms with Crippen molar-refractivity contribution in [2.24, 2.45) is 0 Å². The van der Waals surface area contributed by atoms with Gasteiger partial charge in [-0.2, -0.15) is 0 Å². The Labute approximate surface area is 146 Å². The van der Waals surface area contributed by atoms with Crippen LogP contribution in [0.15, 0.2) is 54.7 Å². The second kappa shape index (κ2) is 7.66. The van der Waals surface area contributed by atoms with Gasteiger partial charge in [0.1, 0.15) is 17.0 Å². The first-order valence-electron chi connectivity index (χ1n) is 8.14. The molecule has 0 radical (unpaired) electrons. The fourth-order valence-corrected chi connectivity index (χ4v) is 2.65. The monoisotopic (exact) mass is 336 g/mol. The maximum absolute atomic E-state index is 12.4. The third-order valence-electron chi connectivity index (χ3n) is 3.83. The van der Waals surface area contributed by atoms with Gasteiger partial charge < -0.3 is 14.8 Å². The highest BCUT2D eigenvalue weighted by atomic mass is 16.5. The van der Waals surface area contributed by atoms with Crippen molar-refractivity contribution >= 4 is 22.5 Å². The van der Waals surface area contributed by atoms with Gasteiger partial charge in [0.25, 0.3) is 0 Å². The molecule has 0 atom stereocenters. The fourth-order valence-electron chi connectivity index (χ4n) is 2.65. The van der Waals surface area contributed by atoms with Crippen molar-refractivity contribution in [3.8, 4) is 11.5 Å². The van der Waals surface area contributed by atoms with Crippen LogP contribution in [0.4, 0.5) is 5.69 Å². The Morgan fingerprint density at radius 3 is 2.64 bits per heavy atom. The minimum atomic E-state index is -0.0838. The normalized spacial score (nSPS) is 10.5. The van der Waals surface area contributed by atoms with Crippen LogP contribution in [0.5, 0.6) is 11.5 Å². The number of methoxy groups -OCH3 is 1. The number of pyridine rings is 1. The molecule has 5 nitrogen and oxygen atoms in total. The molecule has 0 fully saturated rings. The SMILES string of the molecule is CCOc1ccc(NC(=O)Cc2ccc(OC)cc2)c2cccnc12. The smallest absolute Gasteiger partial charge is 0.228 e. The number of nitrogens with one attached hydrogen (secondary N) is 1. The number of fused-ring (bicyclic) bond motifs is 1. The van der Waals surface area contributed by atoms with Gasteiger partial charge in [-0.25, -0.2) is 0 Å². The maximum Gasteiger partial charge on any atom is 0.228 e. The van der Waals surface area contributed by atoms with Crippen LogP contribution in [-0.2, 0) is 11.2 Å². The van der Waals surface area contributed by atoms with Gasteiger partial charge in [-0.05, 0) is 48.9 Å². The van der Waals surface area contributed by atoms with Crippen molar-refractivity contribution in [3.63, 3.8) is 0 Å². The van der Waals surface area contributed by atoms with E-state index < -0.39 is 0 Å². The molecule has 0 bridgehead atoms. The molecule has 5 heteroatoms. The van der Waals surface area contributed by atoms with Gasteiger partial charge >= 0.3 is 0 Å². The lowest BCUT2D eigenvalue weighted by Gasteiger charge is -2.12. The van der Waals surface area contributed by atoms with Crippen molar-refractivity contribution in [2.45, 2.75) is 13.3 Å². The van der Waals surface area contributed by atoms with Crippen LogP contribution in [0, 0.1) is 0 Å². The highest BCUT2D eigenvalue weighted by molar-refractivity contribution is 6.03. The number of aromatic nitrogens is 1. The number of benzene rings is 2. The molecule has 1 amide bonds. The van der Waals surface area contributed by atoms with E-state index in [1.54, 1.807) is 13.3 Å². The van der Waals surface area contributed by atoms with E-state index in [-0.39, 0.29) is 5.91 Å². The molecular formula is C20H20N2O3. The zero-order valence-corrected chi connectivity index (χ0v) is 14.3. The molecule has 1 N–H and O–H groups in total. The van der Waals surface area contributed by atoms with Gasteiger partial charge in [0, 0.05) is 11.6 Å². The summed E-state index contributed by atoms with van der Waals surface area (Å²) in [6, 6.07) is 14.9. The minimum absolute atomic E-state index is 0.0838. The molecule has 1 aromatic heterocycles. The Hall–Kier alpha value is -3.08. The summed E-state index contributed by atoms with van der Waals surface area (Å²) in [5, 5.41) is 3.82. The van der Waals surface area contributed by atoms with Crippen LogP contribution < -0.4 is 14.8 Å². The zero-order chi connectivity index (χ0) is 17.6. The lowest BCUT2D eigenvalue weighted by Crippen LogP contribution is -2.14. The molecule has 128 valence electrons. The van der Waals surface area contributed by atoms with E-state index in [4.69, 9.17) is 9.47 Å². The summed E-state index contributed by atoms with van der Waals surface area (Å²) in [4.78, 5) is 16.8. The molecule has 2 aromatic carbocycles. The number of hydrogen-bond acceptors (Lipinski definition) is 4. The van der Waals surface area contributed by atoms with Crippen molar-refractivity contribution in [1.82, 2.24) is 4.98 Å². The van der Waals surface area contributed by atoms with Crippen LogP contribution in [0.2, 0.25) is 0 Å². The Morgan fingerprint density at radius 2 is 1.92 bits per heavy atom. The van der Waals surface area contributed by atoms with E-state index in [0.717, 1.165) is 27.9 Å². The molecule has 0 aliphatic heterocycles. The summed E-state index contributed by atoms with van der Waals surface area (Å²) < 4.78 is 10.7. The number of rotatable bonds is 6. The van der Waals surface area contributed by atoms with Gasteiger partial charge in [0.05, 0.1) is 25.8 Å². The molecular weight excluding hydrogens is 316 g/mol. The van der Waals surface area contributed by atoms with Crippen LogP contribution in [0.1, 0.15) is 12.5 Å². The summed E-state index contributed by atoms with van der Waals surface area (Å²) in [6.45, 7) is 2.49. The molecule has 0 spiro atoms. The molecule has 0 unspecified atom stereocenters. The summed E-state index contributed by atoms with van der Waals surface area (Å²) in [5.74, 6) is 1.40. The highest BCUT2D eigenvalue weighted by Crippen LogP contribution is 2.30. The highest BCUT2D eigenvalue weighted by Gasteiger charge is 2.11. The maximum atomic E-state index is 12.4. The lowest BCUT2D eigenvalue weighted by molar-refractivity contribution is -0.115. The first-order chi connectivity index (χ1) is 12.2. The Balaban J connectivity index is 1.80. The molecule has 0 aliphatic rings. The Kier molecular flexibility index (Phi) is 5.14. The fraction of sp³-hybridized carbons (Fsp3) is 0.200. The average molecular weight is 336 g/mol. The molecule has 0 saturated heterocycles. The van der Waals surface area contributed by atoms with Crippen molar-refractivity contribution in [2.75, 3.05) is 19.0 Å². The predicted molar refractivity (Wildman–Crippen MR) is 98.2 cm³/mol. The topological polar surface area (TPSA) is 60.5 Å². The van der Waals surface area contributed by atoms with Crippen LogP contribution in [0.3, 0.4) is 0 Å². The Bertz CT molecular complexity index is 876. The standard InChI is InChI=1S/C20H20N2O3/c1-3-25-18-11-10-17(16-5-4-12-21-20(16)18)22-19(23)13-14-6-8-15(24-2)9-7-14/h4-12H,3,13H2,1-2H3,(H,22,23). The van der Waals surface area contributed by atoms with E-state index in [0.29, 0.717) is 18.8 Å². The molecule has 0 saturated carbocycles. The average Bonchev–Trinajstić information content (AvgIpc) is 2.64. The molecule has 0 aliphatic carbocycles. The van der Waals surface area contributed by atoms with Gasteiger partial charge in [0.15, 0.2) is 0 Å². The van der Waals surface area contributed by atoms with Crippen LogP contribution in [0.25, 0.3) is 10.9 Å². The summed E-state index contributed by atoms with van der Waals surface area (Å²) >= 11 is 0. The molecule has 3 aromatic rings. The van der Waals surface area contributed by atoms with E-state index in [1.165, 1.54) is 0 Å². The van der Waals surface area contributed by atoms with Crippen molar-refractivity contribution < 1.29 is 14.3 Å². The van der Waals surface area contributed by atoms with E-state index in [9.17, 15) is 4.79 Å². The van der Waals surface area contributed by atoms with Crippen LogP contribution >= 0.6 is 0 Å². The number of carbonyl (C=O) groups is 1. The van der Waals surface area contributed by atoms with Gasteiger partial charge in [0.2, 0.25) is 5.91 Å². The van der Waals surface area contributed by atoms with Gasteiger partial charge in [-0.1, -0.05) is 12.1 Å². The zero-order valence-electron chi connectivity index (χ0n) is 14.3. The van der Waals surface area contributed by atoms with Crippen molar-refractivity contribution in [3.05, 3.63) is 60.3 Å². The Morgan fingerprint density at radius 1 is 1.12 bits per heavy atom. The van der Waals surface area contributed by atoms with E-state index in [2.05, 4.69) is 10.3 Å². The third-order valence-corrected chi connectivity index (χ3v) is 3.83. The van der Waals surface area contributed by atoms with Crippen LogP contribution in [-0.4, -0.2) is 24.6 Å². The number of ether oxygens (including phenoxy) is 2. The van der Waals surface area contributed by atoms with Crippen molar-refractivity contribution in [1.29, 1.82) is 0 Å². The first kappa shape index (κ1) is 16.8. The predicted octanol–water partition coefficient (Wildman–Crippen LogP) is 3.82. The number of carbonyl (C=O) groups excluding carboxylic acids is 1. The van der Waals surface area contributed by atoms with E-state index in [1.807, 2.05) is 55.5 Å². The van der Waals surface area contributed by atoms with Gasteiger partial charge in [-0.15, -0.1) is 0 Å². The number of nitrogens with zero attached hydrogens (tertiary/aromatic N) is 1. The summed E-state index contributed by atoms with van der Waals surface area (Å²) in [7, 11) is 1.62. The molecule has 1 heterocycles. The number of hydrogen-bond donors (Lipinski definition) is 1. The lowest BCUT2D eigenvalue weighted by atomic mass is 10.1. The quantitative estimate of drug-likeness (QED) is 0.743. The molecule has 3 rings (SSSR count). The largest absolute Gasteiger partial charge is 0.497 e. The van der Waals surface area contributed by atoms with E-state index >= 15 is 0 Å². The first-order valence-corrected chi connectivity index (χ1v) is 8.14. The van der Waals surface area contributed by atoms with Gasteiger partial charge in [-0.3, -0.25) is 9.78 Å². The summed E-state index contributed by atoms with van der Waals surface area (Å²) in [6.07, 6.45) is 2.01. The number of amides is 1. The minimum Gasteiger partial charge on any atom is -0.497 e. The second-order valence-corrected chi connectivity index (χ2v) is 5.52. The second-order valence-electron chi connectivity index (χ2n) is 5.52. The third kappa shape index (κ3) is 3.88. The molecule has 25 heavy (non-hydrogen) atoms. The summed E-state index contributed by atoms with van der Waals surface area (Å²) in [5.41, 5.74) is 2.39. The number of anilines is 1.